The Labute approximate surface area is 119 Å². The minimum atomic E-state index is -1.80. The molecule has 116 valence electrons. The molecule has 0 amide bonds. The SMILES string of the molecule is COC(=O)[C@@](N)(C(=O)OC(C)(C)C)C1CCC(O)CC1. The summed E-state index contributed by atoms with van der Waals surface area (Å²) in [6, 6.07) is 0. The lowest BCUT2D eigenvalue weighted by Gasteiger charge is -2.37. The fourth-order valence-corrected chi connectivity index (χ4v) is 2.48. The van der Waals surface area contributed by atoms with Crippen molar-refractivity contribution in [2.24, 2.45) is 11.7 Å². The van der Waals surface area contributed by atoms with Crippen LogP contribution < -0.4 is 5.73 Å². The zero-order valence-corrected chi connectivity index (χ0v) is 12.6. The van der Waals surface area contributed by atoms with Gasteiger partial charge in [0.2, 0.25) is 5.54 Å². The third-order valence-corrected chi connectivity index (χ3v) is 3.60. The molecule has 6 heteroatoms. The van der Waals surface area contributed by atoms with Crippen LogP contribution in [0.2, 0.25) is 0 Å². The molecule has 0 radical (unpaired) electrons. The first kappa shape index (κ1) is 16.9. The van der Waals surface area contributed by atoms with Gasteiger partial charge in [-0.1, -0.05) is 0 Å². The second-order valence-corrected chi connectivity index (χ2v) is 6.37. The molecule has 0 bridgehead atoms. The van der Waals surface area contributed by atoms with Gasteiger partial charge in [0.15, 0.2) is 0 Å². The molecule has 1 atom stereocenters. The van der Waals surface area contributed by atoms with Crippen molar-refractivity contribution in [1.82, 2.24) is 0 Å². The maximum absolute atomic E-state index is 12.4. The number of aliphatic hydroxyl groups is 1. The van der Waals surface area contributed by atoms with E-state index < -0.39 is 29.2 Å². The predicted octanol–water partition coefficient (Wildman–Crippen LogP) is 0.750. The fraction of sp³-hybridized carbons (Fsp3) is 0.857. The predicted molar refractivity (Wildman–Crippen MR) is 72.7 cm³/mol. The smallest absolute Gasteiger partial charge is 0.338 e. The number of carbonyl (C=O) groups is 2. The van der Waals surface area contributed by atoms with Gasteiger partial charge in [-0.05, 0) is 52.4 Å². The summed E-state index contributed by atoms with van der Waals surface area (Å²) in [6.07, 6.45) is 1.62. The molecular formula is C14H25NO5. The van der Waals surface area contributed by atoms with E-state index in [1.54, 1.807) is 20.8 Å². The third-order valence-electron chi connectivity index (χ3n) is 3.60. The summed E-state index contributed by atoms with van der Waals surface area (Å²) in [5.74, 6) is -1.93. The third kappa shape index (κ3) is 3.70. The summed E-state index contributed by atoms with van der Waals surface area (Å²) in [5.41, 5.74) is 3.56. The second-order valence-electron chi connectivity index (χ2n) is 6.37. The maximum Gasteiger partial charge on any atom is 0.338 e. The summed E-state index contributed by atoms with van der Waals surface area (Å²) in [6.45, 7) is 5.15. The average Bonchev–Trinajstić information content (AvgIpc) is 2.35. The average molecular weight is 287 g/mol. The van der Waals surface area contributed by atoms with E-state index in [-0.39, 0.29) is 5.92 Å². The molecule has 1 saturated carbocycles. The van der Waals surface area contributed by atoms with Gasteiger partial charge < -0.3 is 20.3 Å². The van der Waals surface area contributed by atoms with Gasteiger partial charge in [-0.25, -0.2) is 9.59 Å². The van der Waals surface area contributed by atoms with Crippen LogP contribution in [-0.2, 0) is 19.1 Å². The lowest BCUT2D eigenvalue weighted by atomic mass is 9.74. The lowest BCUT2D eigenvalue weighted by Crippen LogP contribution is -2.63. The molecule has 0 unspecified atom stereocenters. The van der Waals surface area contributed by atoms with Crippen molar-refractivity contribution in [3.8, 4) is 0 Å². The molecule has 0 aromatic carbocycles. The van der Waals surface area contributed by atoms with Crippen molar-refractivity contribution in [1.29, 1.82) is 0 Å². The van der Waals surface area contributed by atoms with Crippen molar-refractivity contribution >= 4 is 11.9 Å². The number of rotatable bonds is 3. The van der Waals surface area contributed by atoms with Gasteiger partial charge >= 0.3 is 11.9 Å². The number of hydrogen-bond donors (Lipinski definition) is 2. The molecule has 20 heavy (non-hydrogen) atoms. The fourth-order valence-electron chi connectivity index (χ4n) is 2.48. The van der Waals surface area contributed by atoms with Crippen molar-refractivity contribution in [2.75, 3.05) is 7.11 Å². The number of nitrogens with two attached hydrogens (primary N) is 1. The minimum Gasteiger partial charge on any atom is -0.467 e. The molecule has 3 N–H and O–H groups in total. The molecule has 0 aliphatic heterocycles. The first-order valence-corrected chi connectivity index (χ1v) is 6.90. The van der Waals surface area contributed by atoms with Gasteiger partial charge in [0.25, 0.3) is 0 Å². The lowest BCUT2D eigenvalue weighted by molar-refractivity contribution is -0.174. The van der Waals surface area contributed by atoms with E-state index in [0.29, 0.717) is 25.7 Å². The van der Waals surface area contributed by atoms with Gasteiger partial charge in [0.05, 0.1) is 13.2 Å². The number of aliphatic hydroxyl groups excluding tert-OH is 1. The van der Waals surface area contributed by atoms with Gasteiger partial charge in [0.1, 0.15) is 5.60 Å². The summed E-state index contributed by atoms with van der Waals surface area (Å²) in [5, 5.41) is 9.54. The quantitative estimate of drug-likeness (QED) is 0.587. The highest BCUT2D eigenvalue weighted by Gasteiger charge is 2.53. The van der Waals surface area contributed by atoms with Crippen LogP contribution in [0.25, 0.3) is 0 Å². The van der Waals surface area contributed by atoms with E-state index in [0.717, 1.165) is 0 Å². The standard InChI is InChI=1S/C14H25NO5/c1-13(2,3)20-12(18)14(15,11(17)19-4)9-5-7-10(16)8-6-9/h9-10,16H,5-8,15H2,1-4H3/t9?,10?,14-/m1/s1. The Kier molecular flexibility index (Phi) is 5.15. The van der Waals surface area contributed by atoms with Crippen molar-refractivity contribution in [2.45, 2.75) is 63.7 Å². The molecule has 1 fully saturated rings. The zero-order valence-electron chi connectivity index (χ0n) is 12.6. The van der Waals surface area contributed by atoms with Gasteiger partial charge in [0, 0.05) is 0 Å². The van der Waals surface area contributed by atoms with Crippen molar-refractivity contribution in [3.63, 3.8) is 0 Å². The van der Waals surface area contributed by atoms with E-state index in [9.17, 15) is 14.7 Å². The van der Waals surface area contributed by atoms with Crippen molar-refractivity contribution < 1.29 is 24.2 Å². The monoisotopic (exact) mass is 287 g/mol. The normalized spacial score (nSPS) is 26.5. The van der Waals surface area contributed by atoms with E-state index in [1.807, 2.05) is 0 Å². The van der Waals surface area contributed by atoms with Crippen LogP contribution in [0.5, 0.6) is 0 Å². The maximum atomic E-state index is 12.4. The molecule has 1 aliphatic carbocycles. The summed E-state index contributed by atoms with van der Waals surface area (Å²) in [4.78, 5) is 24.4. The van der Waals surface area contributed by atoms with Crippen LogP contribution in [0.1, 0.15) is 46.5 Å². The number of carbonyl (C=O) groups excluding carboxylic acids is 2. The van der Waals surface area contributed by atoms with Gasteiger partial charge in [-0.2, -0.15) is 0 Å². The van der Waals surface area contributed by atoms with Crippen LogP contribution in [0, 0.1) is 5.92 Å². The molecule has 0 aromatic rings. The molecule has 6 nitrogen and oxygen atoms in total. The molecule has 0 aromatic heterocycles. The Morgan fingerprint density at radius 1 is 1.10 bits per heavy atom. The second kappa shape index (κ2) is 6.10. The summed E-state index contributed by atoms with van der Waals surface area (Å²) >= 11 is 0. The summed E-state index contributed by atoms with van der Waals surface area (Å²) < 4.78 is 9.98. The first-order valence-electron chi connectivity index (χ1n) is 6.90. The van der Waals surface area contributed by atoms with Crippen LogP contribution >= 0.6 is 0 Å². The molecule has 0 spiro atoms. The molecule has 0 saturated heterocycles. The van der Waals surface area contributed by atoms with Crippen molar-refractivity contribution in [3.05, 3.63) is 0 Å². The van der Waals surface area contributed by atoms with E-state index in [2.05, 4.69) is 0 Å². The van der Waals surface area contributed by atoms with Gasteiger partial charge in [-0.3, -0.25) is 0 Å². The van der Waals surface area contributed by atoms with Crippen LogP contribution in [0.15, 0.2) is 0 Å². The van der Waals surface area contributed by atoms with Crippen LogP contribution in [0.4, 0.5) is 0 Å². The number of methoxy groups -OCH3 is 1. The summed E-state index contributed by atoms with van der Waals surface area (Å²) in [7, 11) is 1.20. The highest BCUT2D eigenvalue weighted by molar-refractivity contribution is 6.05. The van der Waals surface area contributed by atoms with Crippen LogP contribution in [0.3, 0.4) is 0 Å². The van der Waals surface area contributed by atoms with E-state index in [1.165, 1.54) is 7.11 Å². The molecule has 1 rings (SSSR count). The highest BCUT2D eigenvalue weighted by atomic mass is 16.6. The molecule has 0 heterocycles. The zero-order chi connectivity index (χ0) is 15.6. The Balaban J connectivity index is 2.97. The Bertz CT molecular complexity index is 368. The Morgan fingerprint density at radius 2 is 1.60 bits per heavy atom. The number of hydrogen-bond acceptors (Lipinski definition) is 6. The molecule has 1 aliphatic rings. The topological polar surface area (TPSA) is 98.9 Å². The first-order chi connectivity index (χ1) is 9.11. The minimum absolute atomic E-state index is 0.381. The number of esters is 2. The Morgan fingerprint density at radius 3 is 2.00 bits per heavy atom. The largest absolute Gasteiger partial charge is 0.467 e. The number of ether oxygens (including phenoxy) is 2. The Hall–Kier alpha value is -1.14. The molecular weight excluding hydrogens is 262 g/mol. The highest BCUT2D eigenvalue weighted by Crippen LogP contribution is 2.34. The van der Waals surface area contributed by atoms with Crippen LogP contribution in [-0.4, -0.2) is 41.4 Å². The van der Waals surface area contributed by atoms with E-state index in [4.69, 9.17) is 15.2 Å². The van der Waals surface area contributed by atoms with E-state index >= 15 is 0 Å². The van der Waals surface area contributed by atoms with Gasteiger partial charge in [-0.15, -0.1) is 0 Å².